The maximum Gasteiger partial charge on any atom is 0.232 e. The summed E-state index contributed by atoms with van der Waals surface area (Å²) < 4.78 is 0. The average molecular weight is 348 g/mol. The van der Waals surface area contributed by atoms with E-state index >= 15 is 0 Å². The smallest absolute Gasteiger partial charge is 0.232 e. The van der Waals surface area contributed by atoms with Crippen molar-refractivity contribution in [2.75, 3.05) is 43.8 Å². The summed E-state index contributed by atoms with van der Waals surface area (Å²) in [5.41, 5.74) is 6.65. The lowest BCUT2D eigenvalue weighted by Gasteiger charge is -2.33. The van der Waals surface area contributed by atoms with Crippen LogP contribution in [0.25, 0.3) is 0 Å². The predicted octanol–water partition coefficient (Wildman–Crippen LogP) is 1.99. The summed E-state index contributed by atoms with van der Waals surface area (Å²) in [5.74, 6) is 1.33. The Kier molecular flexibility index (Phi) is 5.44. The molecule has 0 spiro atoms. The molecular weight excluding hydrogens is 326 g/mol. The topological polar surface area (TPSA) is 83.2 Å². The van der Waals surface area contributed by atoms with Crippen LogP contribution in [0.15, 0.2) is 24.3 Å². The van der Waals surface area contributed by atoms with E-state index in [1.54, 1.807) is 0 Å². The number of aromatic nitrogens is 3. The maximum absolute atomic E-state index is 6.00. The van der Waals surface area contributed by atoms with Crippen molar-refractivity contribution in [2.24, 2.45) is 0 Å². The molecule has 0 bridgehead atoms. The second-order valence-electron chi connectivity index (χ2n) is 5.78. The number of nitrogen functional groups attached to an aromatic ring is 1. The molecule has 3 N–H and O–H groups in total. The second kappa shape index (κ2) is 7.74. The van der Waals surface area contributed by atoms with Crippen molar-refractivity contribution in [1.29, 1.82) is 0 Å². The van der Waals surface area contributed by atoms with Gasteiger partial charge in [-0.05, 0) is 24.7 Å². The van der Waals surface area contributed by atoms with E-state index in [1.165, 1.54) is 0 Å². The fourth-order valence-electron chi connectivity index (χ4n) is 2.72. The predicted molar refractivity (Wildman–Crippen MR) is 96.4 cm³/mol. The molecule has 1 aliphatic rings. The van der Waals surface area contributed by atoms with Crippen molar-refractivity contribution in [3.63, 3.8) is 0 Å². The highest BCUT2D eigenvalue weighted by Gasteiger charge is 2.17. The first-order valence-electron chi connectivity index (χ1n) is 8.10. The van der Waals surface area contributed by atoms with E-state index in [9.17, 15) is 0 Å². The molecule has 1 saturated heterocycles. The number of nitrogens with zero attached hydrogens (tertiary/aromatic N) is 5. The van der Waals surface area contributed by atoms with Gasteiger partial charge in [0.15, 0.2) is 0 Å². The van der Waals surface area contributed by atoms with Crippen LogP contribution in [-0.2, 0) is 6.54 Å². The highest BCUT2D eigenvalue weighted by atomic mass is 35.5. The number of benzene rings is 1. The van der Waals surface area contributed by atoms with Crippen molar-refractivity contribution in [3.8, 4) is 0 Å². The fourth-order valence-corrected chi connectivity index (χ4v) is 2.91. The summed E-state index contributed by atoms with van der Waals surface area (Å²) in [4.78, 5) is 17.7. The molecule has 0 unspecified atom stereocenters. The summed E-state index contributed by atoms with van der Waals surface area (Å²) in [6.45, 7) is 8.13. The molecule has 3 rings (SSSR count). The number of halogens is 1. The van der Waals surface area contributed by atoms with Gasteiger partial charge in [0.25, 0.3) is 0 Å². The summed E-state index contributed by atoms with van der Waals surface area (Å²) in [6.07, 6.45) is 0. The number of rotatable bonds is 5. The van der Waals surface area contributed by atoms with Gasteiger partial charge in [-0.25, -0.2) is 0 Å². The summed E-state index contributed by atoms with van der Waals surface area (Å²) in [5, 5.41) is 3.78. The highest BCUT2D eigenvalue weighted by Crippen LogP contribution is 2.18. The van der Waals surface area contributed by atoms with E-state index in [-0.39, 0.29) is 5.95 Å². The lowest BCUT2D eigenvalue weighted by Crippen LogP contribution is -2.45. The molecule has 1 aromatic carbocycles. The number of hydrogen-bond donors (Lipinski definition) is 2. The number of nitrogens with two attached hydrogens (primary N) is 1. The third-order valence-electron chi connectivity index (χ3n) is 4.06. The van der Waals surface area contributed by atoms with Gasteiger partial charge >= 0.3 is 0 Å². The van der Waals surface area contributed by atoms with Crippen molar-refractivity contribution in [1.82, 2.24) is 24.8 Å². The SMILES string of the molecule is CCN1CCN(Cc2nc(N)nc(Nc3cccc(Cl)c3)n2)CC1. The highest BCUT2D eigenvalue weighted by molar-refractivity contribution is 6.30. The van der Waals surface area contributed by atoms with E-state index in [0.717, 1.165) is 38.4 Å². The molecule has 7 nitrogen and oxygen atoms in total. The molecule has 0 saturated carbocycles. The Balaban J connectivity index is 1.67. The molecule has 8 heteroatoms. The largest absolute Gasteiger partial charge is 0.368 e. The Morgan fingerprint density at radius 3 is 2.58 bits per heavy atom. The molecule has 0 atom stereocenters. The van der Waals surface area contributed by atoms with E-state index < -0.39 is 0 Å². The average Bonchev–Trinajstić information content (AvgIpc) is 2.55. The van der Waals surface area contributed by atoms with Crippen molar-refractivity contribution in [2.45, 2.75) is 13.5 Å². The molecule has 2 aromatic rings. The van der Waals surface area contributed by atoms with Crippen LogP contribution in [0.1, 0.15) is 12.7 Å². The Morgan fingerprint density at radius 2 is 1.88 bits per heavy atom. The lowest BCUT2D eigenvalue weighted by atomic mass is 10.3. The first-order chi connectivity index (χ1) is 11.6. The lowest BCUT2D eigenvalue weighted by molar-refractivity contribution is 0.129. The van der Waals surface area contributed by atoms with Crippen LogP contribution < -0.4 is 11.1 Å². The third-order valence-corrected chi connectivity index (χ3v) is 4.29. The molecule has 2 heterocycles. The van der Waals surface area contributed by atoms with E-state index in [1.807, 2.05) is 24.3 Å². The molecule has 1 aliphatic heterocycles. The number of anilines is 3. The number of hydrogen-bond acceptors (Lipinski definition) is 7. The molecule has 0 radical (unpaired) electrons. The quantitative estimate of drug-likeness (QED) is 0.855. The number of likely N-dealkylation sites (N-methyl/N-ethyl adjacent to an activating group) is 1. The van der Waals surface area contributed by atoms with Crippen LogP contribution in [0.2, 0.25) is 5.02 Å². The van der Waals surface area contributed by atoms with Gasteiger partial charge in [-0.15, -0.1) is 0 Å². The molecule has 1 fully saturated rings. The standard InChI is InChI=1S/C16H22ClN7/c1-2-23-6-8-24(9-7-23)11-14-20-15(18)22-16(21-14)19-13-5-3-4-12(17)10-13/h3-5,10H,2,6-9,11H2,1H3,(H3,18,19,20,21,22). The summed E-state index contributed by atoms with van der Waals surface area (Å²) in [6, 6.07) is 7.39. The monoisotopic (exact) mass is 347 g/mol. The first kappa shape index (κ1) is 16.9. The maximum atomic E-state index is 6.00. The van der Waals surface area contributed by atoms with Crippen LogP contribution in [0.3, 0.4) is 0 Å². The van der Waals surface area contributed by atoms with Crippen LogP contribution >= 0.6 is 11.6 Å². The van der Waals surface area contributed by atoms with Gasteiger partial charge in [0.05, 0.1) is 6.54 Å². The molecule has 24 heavy (non-hydrogen) atoms. The van der Waals surface area contributed by atoms with Crippen LogP contribution in [0, 0.1) is 0 Å². The second-order valence-corrected chi connectivity index (χ2v) is 6.22. The number of nitrogens with one attached hydrogen (secondary N) is 1. The first-order valence-corrected chi connectivity index (χ1v) is 8.48. The normalized spacial score (nSPS) is 16.2. The van der Waals surface area contributed by atoms with Crippen LogP contribution in [0.5, 0.6) is 0 Å². The van der Waals surface area contributed by atoms with E-state index in [0.29, 0.717) is 23.3 Å². The zero-order valence-electron chi connectivity index (χ0n) is 13.7. The number of piperazine rings is 1. The zero-order chi connectivity index (χ0) is 16.9. The van der Waals surface area contributed by atoms with Gasteiger partial charge in [-0.2, -0.15) is 15.0 Å². The molecule has 128 valence electrons. The minimum Gasteiger partial charge on any atom is -0.368 e. The third kappa shape index (κ3) is 4.53. The fraction of sp³-hybridized carbons (Fsp3) is 0.438. The summed E-state index contributed by atoms with van der Waals surface area (Å²) >= 11 is 6.00. The Hall–Kier alpha value is -1.96. The van der Waals surface area contributed by atoms with Crippen molar-refractivity contribution in [3.05, 3.63) is 35.1 Å². The summed E-state index contributed by atoms with van der Waals surface area (Å²) in [7, 11) is 0. The molecular formula is C16H22ClN7. The minimum absolute atomic E-state index is 0.219. The minimum atomic E-state index is 0.219. The van der Waals surface area contributed by atoms with Gasteiger partial charge in [0, 0.05) is 36.9 Å². The zero-order valence-corrected chi connectivity index (χ0v) is 14.5. The van der Waals surface area contributed by atoms with Gasteiger partial charge < -0.3 is 16.0 Å². The van der Waals surface area contributed by atoms with Gasteiger partial charge in [-0.3, -0.25) is 4.90 Å². The Morgan fingerprint density at radius 1 is 1.12 bits per heavy atom. The Labute approximate surface area is 146 Å². The van der Waals surface area contributed by atoms with Gasteiger partial charge in [-0.1, -0.05) is 24.6 Å². The molecule has 1 aromatic heterocycles. The van der Waals surface area contributed by atoms with Gasteiger partial charge in [0.2, 0.25) is 11.9 Å². The van der Waals surface area contributed by atoms with Gasteiger partial charge in [0.1, 0.15) is 5.82 Å². The van der Waals surface area contributed by atoms with Crippen molar-refractivity contribution >= 4 is 29.2 Å². The van der Waals surface area contributed by atoms with E-state index in [4.69, 9.17) is 17.3 Å². The molecule has 0 amide bonds. The van der Waals surface area contributed by atoms with Crippen LogP contribution in [-0.4, -0.2) is 57.5 Å². The van der Waals surface area contributed by atoms with Crippen LogP contribution in [0.4, 0.5) is 17.6 Å². The molecule has 0 aliphatic carbocycles. The van der Waals surface area contributed by atoms with Crippen molar-refractivity contribution < 1.29 is 0 Å². The Bertz CT molecular complexity index is 686. The van der Waals surface area contributed by atoms with E-state index in [2.05, 4.69) is 37.0 Å².